The summed E-state index contributed by atoms with van der Waals surface area (Å²) >= 11 is 0. The van der Waals surface area contributed by atoms with Gasteiger partial charge in [0.1, 0.15) is 0 Å². The summed E-state index contributed by atoms with van der Waals surface area (Å²) in [5, 5.41) is 3.04. The minimum atomic E-state index is -0.101. The van der Waals surface area contributed by atoms with Crippen LogP contribution in [0.25, 0.3) is 0 Å². The SMILES string of the molecule is CCC(C)c1ccc(NC(=O)C(CC)c2ccccc2)cc1. The van der Waals surface area contributed by atoms with Crippen molar-refractivity contribution in [3.05, 3.63) is 65.7 Å². The van der Waals surface area contributed by atoms with Crippen LogP contribution in [0.5, 0.6) is 0 Å². The molecule has 0 bridgehead atoms. The van der Waals surface area contributed by atoms with Crippen molar-refractivity contribution in [1.29, 1.82) is 0 Å². The summed E-state index contributed by atoms with van der Waals surface area (Å²) in [6.45, 7) is 6.45. The van der Waals surface area contributed by atoms with Gasteiger partial charge < -0.3 is 5.32 Å². The van der Waals surface area contributed by atoms with Crippen LogP contribution >= 0.6 is 0 Å². The number of carbonyl (C=O) groups excluding carboxylic acids is 1. The molecule has 22 heavy (non-hydrogen) atoms. The highest BCUT2D eigenvalue weighted by Crippen LogP contribution is 2.23. The van der Waals surface area contributed by atoms with Crippen LogP contribution in [0.4, 0.5) is 5.69 Å². The highest BCUT2D eigenvalue weighted by atomic mass is 16.1. The van der Waals surface area contributed by atoms with Gasteiger partial charge in [0, 0.05) is 5.69 Å². The number of hydrogen-bond acceptors (Lipinski definition) is 1. The Morgan fingerprint density at radius 1 is 0.909 bits per heavy atom. The Labute approximate surface area is 133 Å². The standard InChI is InChI=1S/C20H25NO/c1-4-15(3)16-11-13-18(14-12-16)21-20(22)19(5-2)17-9-7-6-8-10-17/h6-15,19H,4-5H2,1-3H3,(H,21,22). The largest absolute Gasteiger partial charge is 0.326 e. The van der Waals surface area contributed by atoms with Crippen molar-refractivity contribution in [2.24, 2.45) is 0 Å². The Bertz CT molecular complexity index is 589. The molecule has 116 valence electrons. The van der Waals surface area contributed by atoms with Crippen molar-refractivity contribution in [1.82, 2.24) is 0 Å². The Morgan fingerprint density at radius 3 is 2.09 bits per heavy atom. The van der Waals surface area contributed by atoms with Gasteiger partial charge in [0.15, 0.2) is 0 Å². The molecule has 0 saturated heterocycles. The van der Waals surface area contributed by atoms with Crippen LogP contribution in [-0.4, -0.2) is 5.91 Å². The molecule has 0 spiro atoms. The summed E-state index contributed by atoms with van der Waals surface area (Å²) in [5.41, 5.74) is 3.25. The van der Waals surface area contributed by atoms with E-state index in [9.17, 15) is 4.79 Å². The molecule has 0 fully saturated rings. The predicted octanol–water partition coefficient (Wildman–Crippen LogP) is 5.33. The molecule has 2 nitrogen and oxygen atoms in total. The van der Waals surface area contributed by atoms with Crippen LogP contribution in [0, 0.1) is 0 Å². The molecular formula is C20H25NO. The van der Waals surface area contributed by atoms with Crippen molar-refractivity contribution >= 4 is 11.6 Å². The van der Waals surface area contributed by atoms with E-state index in [1.807, 2.05) is 49.4 Å². The number of rotatable bonds is 6. The lowest BCUT2D eigenvalue weighted by Gasteiger charge is -2.16. The first-order valence-corrected chi connectivity index (χ1v) is 8.11. The molecule has 2 aromatic carbocycles. The van der Waals surface area contributed by atoms with E-state index >= 15 is 0 Å². The fourth-order valence-corrected chi connectivity index (χ4v) is 2.62. The van der Waals surface area contributed by atoms with E-state index in [2.05, 4.69) is 31.3 Å². The summed E-state index contributed by atoms with van der Waals surface area (Å²) in [6, 6.07) is 18.2. The zero-order chi connectivity index (χ0) is 15.9. The number of hydrogen-bond donors (Lipinski definition) is 1. The topological polar surface area (TPSA) is 29.1 Å². The molecule has 2 heteroatoms. The fourth-order valence-electron chi connectivity index (χ4n) is 2.62. The second kappa shape index (κ2) is 7.79. The van der Waals surface area contributed by atoms with Crippen LogP contribution in [0.2, 0.25) is 0 Å². The van der Waals surface area contributed by atoms with Gasteiger partial charge in [-0.3, -0.25) is 4.79 Å². The van der Waals surface area contributed by atoms with Gasteiger partial charge in [-0.15, -0.1) is 0 Å². The maximum atomic E-state index is 12.5. The molecule has 0 aliphatic rings. The molecule has 0 aliphatic carbocycles. The Morgan fingerprint density at radius 2 is 1.55 bits per heavy atom. The Hall–Kier alpha value is -2.09. The lowest BCUT2D eigenvalue weighted by atomic mass is 9.95. The van der Waals surface area contributed by atoms with Gasteiger partial charge in [-0.2, -0.15) is 0 Å². The van der Waals surface area contributed by atoms with Gasteiger partial charge in [0.25, 0.3) is 0 Å². The first-order valence-electron chi connectivity index (χ1n) is 8.11. The quantitative estimate of drug-likeness (QED) is 0.766. The zero-order valence-electron chi connectivity index (χ0n) is 13.7. The van der Waals surface area contributed by atoms with E-state index < -0.39 is 0 Å². The summed E-state index contributed by atoms with van der Waals surface area (Å²) in [4.78, 5) is 12.5. The van der Waals surface area contributed by atoms with E-state index in [4.69, 9.17) is 0 Å². The highest BCUT2D eigenvalue weighted by molar-refractivity contribution is 5.95. The molecule has 2 atom stereocenters. The number of carbonyl (C=O) groups is 1. The molecule has 2 unspecified atom stereocenters. The minimum Gasteiger partial charge on any atom is -0.326 e. The first-order chi connectivity index (χ1) is 10.7. The molecule has 2 aromatic rings. The van der Waals surface area contributed by atoms with Gasteiger partial charge in [-0.1, -0.05) is 63.2 Å². The molecule has 0 aliphatic heterocycles. The smallest absolute Gasteiger partial charge is 0.231 e. The molecule has 0 heterocycles. The minimum absolute atomic E-state index is 0.0602. The van der Waals surface area contributed by atoms with Crippen LogP contribution < -0.4 is 5.32 Å². The van der Waals surface area contributed by atoms with E-state index in [1.165, 1.54) is 5.56 Å². The van der Waals surface area contributed by atoms with Crippen LogP contribution in [0.15, 0.2) is 54.6 Å². The fraction of sp³-hybridized carbons (Fsp3) is 0.350. The average Bonchev–Trinajstić information content (AvgIpc) is 2.56. The van der Waals surface area contributed by atoms with E-state index in [-0.39, 0.29) is 11.8 Å². The normalized spacial score (nSPS) is 13.4. The molecule has 0 saturated carbocycles. The van der Waals surface area contributed by atoms with Crippen molar-refractivity contribution in [2.45, 2.75) is 45.4 Å². The number of amides is 1. The maximum absolute atomic E-state index is 12.5. The Kier molecular flexibility index (Phi) is 5.76. The second-order valence-corrected chi connectivity index (χ2v) is 5.79. The third-order valence-electron chi connectivity index (χ3n) is 4.29. The third kappa shape index (κ3) is 3.97. The molecular weight excluding hydrogens is 270 g/mol. The van der Waals surface area contributed by atoms with Gasteiger partial charge in [-0.25, -0.2) is 0 Å². The van der Waals surface area contributed by atoms with Crippen LogP contribution in [-0.2, 0) is 4.79 Å². The van der Waals surface area contributed by atoms with E-state index in [0.29, 0.717) is 5.92 Å². The summed E-state index contributed by atoms with van der Waals surface area (Å²) < 4.78 is 0. The Balaban J connectivity index is 2.07. The van der Waals surface area contributed by atoms with Crippen molar-refractivity contribution in [3.63, 3.8) is 0 Å². The van der Waals surface area contributed by atoms with Gasteiger partial charge in [0.2, 0.25) is 5.91 Å². The summed E-state index contributed by atoms with van der Waals surface area (Å²) in [6.07, 6.45) is 1.92. The van der Waals surface area contributed by atoms with Gasteiger partial charge >= 0.3 is 0 Å². The van der Waals surface area contributed by atoms with Gasteiger partial charge in [-0.05, 0) is 42.0 Å². The number of nitrogens with one attached hydrogen (secondary N) is 1. The number of benzene rings is 2. The first kappa shape index (κ1) is 16.3. The predicted molar refractivity (Wildman–Crippen MR) is 93.3 cm³/mol. The van der Waals surface area contributed by atoms with E-state index in [1.54, 1.807) is 0 Å². The summed E-state index contributed by atoms with van der Waals surface area (Å²) in [5.74, 6) is 0.512. The van der Waals surface area contributed by atoms with Crippen molar-refractivity contribution in [3.8, 4) is 0 Å². The van der Waals surface area contributed by atoms with E-state index in [0.717, 1.165) is 24.1 Å². The number of anilines is 1. The lowest BCUT2D eigenvalue weighted by molar-refractivity contribution is -0.117. The highest BCUT2D eigenvalue weighted by Gasteiger charge is 2.18. The van der Waals surface area contributed by atoms with Crippen LogP contribution in [0.1, 0.15) is 56.6 Å². The maximum Gasteiger partial charge on any atom is 0.231 e. The third-order valence-corrected chi connectivity index (χ3v) is 4.29. The monoisotopic (exact) mass is 295 g/mol. The summed E-state index contributed by atoms with van der Waals surface area (Å²) in [7, 11) is 0. The van der Waals surface area contributed by atoms with Gasteiger partial charge in [0.05, 0.1) is 5.92 Å². The molecule has 2 rings (SSSR count). The van der Waals surface area contributed by atoms with Crippen LogP contribution in [0.3, 0.4) is 0 Å². The zero-order valence-corrected chi connectivity index (χ0v) is 13.7. The lowest BCUT2D eigenvalue weighted by Crippen LogP contribution is -2.20. The molecule has 1 amide bonds. The van der Waals surface area contributed by atoms with Crippen molar-refractivity contribution in [2.75, 3.05) is 5.32 Å². The molecule has 0 aromatic heterocycles. The van der Waals surface area contributed by atoms with Crippen molar-refractivity contribution < 1.29 is 4.79 Å². The molecule has 1 N–H and O–H groups in total. The average molecular weight is 295 g/mol. The molecule has 0 radical (unpaired) electrons. The second-order valence-electron chi connectivity index (χ2n) is 5.79.